The number of pyridine rings is 1. The molecule has 5 nitrogen and oxygen atoms in total. The van der Waals surface area contributed by atoms with Crippen LogP contribution in [0, 0.1) is 0 Å². The van der Waals surface area contributed by atoms with Crippen LogP contribution in [0.15, 0.2) is 24.5 Å². The van der Waals surface area contributed by atoms with Gasteiger partial charge in [-0.15, -0.1) is 0 Å². The monoisotopic (exact) mass is 256 g/mol. The number of aromatic nitrogens is 3. The summed E-state index contributed by atoms with van der Waals surface area (Å²) in [5.41, 5.74) is 5.25. The van der Waals surface area contributed by atoms with Crippen LogP contribution in [0.25, 0.3) is 5.82 Å². The Kier molecular flexibility index (Phi) is 2.80. The van der Waals surface area contributed by atoms with Gasteiger partial charge in [0.05, 0.1) is 16.2 Å². The van der Waals surface area contributed by atoms with Crippen molar-refractivity contribution in [3.63, 3.8) is 0 Å². The van der Waals surface area contributed by atoms with Crippen LogP contribution in [0.2, 0.25) is 10.0 Å². The Bertz CT molecular complexity index is 552. The van der Waals surface area contributed by atoms with Crippen molar-refractivity contribution in [2.24, 2.45) is 5.73 Å². The van der Waals surface area contributed by atoms with Crippen LogP contribution in [0.3, 0.4) is 0 Å². The Morgan fingerprint density at radius 1 is 1.38 bits per heavy atom. The van der Waals surface area contributed by atoms with Crippen molar-refractivity contribution in [3.8, 4) is 5.82 Å². The lowest BCUT2D eigenvalue weighted by molar-refractivity contribution is 0.0993. The molecular formula is C9H6Cl2N4O. The van der Waals surface area contributed by atoms with Gasteiger partial charge in [-0.3, -0.25) is 4.79 Å². The lowest BCUT2D eigenvalue weighted by Crippen LogP contribution is -2.18. The number of hydrogen-bond donors (Lipinski definition) is 1. The second-order valence-corrected chi connectivity index (χ2v) is 3.74. The highest BCUT2D eigenvalue weighted by Gasteiger charge is 2.18. The van der Waals surface area contributed by atoms with Crippen molar-refractivity contribution < 1.29 is 4.79 Å². The van der Waals surface area contributed by atoms with Crippen molar-refractivity contribution in [1.82, 2.24) is 14.8 Å². The first-order chi connectivity index (χ1) is 7.61. The molecule has 0 saturated carbocycles. The molecule has 0 saturated heterocycles. The van der Waals surface area contributed by atoms with Crippen LogP contribution in [0.4, 0.5) is 0 Å². The van der Waals surface area contributed by atoms with Crippen molar-refractivity contribution >= 4 is 29.1 Å². The fourth-order valence-corrected chi connectivity index (χ4v) is 1.66. The number of primary amides is 1. The lowest BCUT2D eigenvalue weighted by atomic mass is 10.4. The molecule has 2 aromatic heterocycles. The molecule has 0 atom stereocenters. The minimum Gasteiger partial charge on any atom is -0.364 e. The van der Waals surface area contributed by atoms with E-state index in [2.05, 4.69) is 10.1 Å². The second kappa shape index (κ2) is 4.11. The summed E-state index contributed by atoms with van der Waals surface area (Å²) in [5.74, 6) is -0.380. The first kappa shape index (κ1) is 10.9. The van der Waals surface area contributed by atoms with E-state index in [1.165, 1.54) is 17.1 Å². The van der Waals surface area contributed by atoms with Crippen LogP contribution >= 0.6 is 23.2 Å². The molecule has 0 aromatic carbocycles. The highest BCUT2D eigenvalue weighted by molar-refractivity contribution is 6.34. The molecule has 0 aliphatic carbocycles. The fourth-order valence-electron chi connectivity index (χ4n) is 1.24. The highest BCUT2D eigenvalue weighted by Crippen LogP contribution is 2.22. The first-order valence-corrected chi connectivity index (χ1v) is 5.01. The molecule has 2 rings (SSSR count). The molecule has 1 amide bonds. The van der Waals surface area contributed by atoms with Crippen LogP contribution in [-0.4, -0.2) is 20.7 Å². The maximum atomic E-state index is 11.2. The smallest absolute Gasteiger partial charge is 0.269 e. The third-order valence-electron chi connectivity index (χ3n) is 1.90. The van der Waals surface area contributed by atoms with Gasteiger partial charge < -0.3 is 5.73 Å². The lowest BCUT2D eigenvalue weighted by Gasteiger charge is -2.05. The predicted molar refractivity (Wildman–Crippen MR) is 59.9 cm³/mol. The summed E-state index contributed by atoms with van der Waals surface area (Å²) in [5, 5.41) is 4.42. The number of hydrogen-bond acceptors (Lipinski definition) is 3. The molecule has 0 aliphatic heterocycles. The van der Waals surface area contributed by atoms with Gasteiger partial charge >= 0.3 is 0 Å². The summed E-state index contributed by atoms with van der Waals surface area (Å²) in [4.78, 5) is 15.2. The molecule has 2 heterocycles. The van der Waals surface area contributed by atoms with E-state index >= 15 is 0 Å². The molecule has 0 radical (unpaired) electrons. The summed E-state index contributed by atoms with van der Waals surface area (Å²) in [6.07, 6.45) is 2.84. The average Bonchev–Trinajstić information content (AvgIpc) is 2.61. The molecule has 0 fully saturated rings. The molecule has 82 valence electrons. The van der Waals surface area contributed by atoms with Gasteiger partial charge in [0.15, 0.2) is 11.5 Å². The SMILES string of the molecule is NC(=O)c1c(Cl)cnn1-c1ncccc1Cl. The molecule has 0 unspecified atom stereocenters. The molecule has 2 N–H and O–H groups in total. The number of carbonyl (C=O) groups excluding carboxylic acids is 1. The van der Waals surface area contributed by atoms with Crippen molar-refractivity contribution in [1.29, 1.82) is 0 Å². The number of nitrogens with zero attached hydrogens (tertiary/aromatic N) is 3. The van der Waals surface area contributed by atoms with Crippen LogP contribution < -0.4 is 5.73 Å². The first-order valence-electron chi connectivity index (χ1n) is 4.25. The largest absolute Gasteiger partial charge is 0.364 e. The quantitative estimate of drug-likeness (QED) is 0.889. The topological polar surface area (TPSA) is 73.8 Å². The van der Waals surface area contributed by atoms with E-state index in [0.717, 1.165) is 0 Å². The van der Waals surface area contributed by atoms with Gasteiger partial charge in [0.1, 0.15) is 0 Å². The van der Waals surface area contributed by atoms with Crippen LogP contribution in [0.1, 0.15) is 10.5 Å². The summed E-state index contributed by atoms with van der Waals surface area (Å²) < 4.78 is 1.22. The van der Waals surface area contributed by atoms with Gasteiger partial charge in [0.25, 0.3) is 5.91 Å². The molecular weight excluding hydrogens is 251 g/mol. The average molecular weight is 257 g/mol. The third-order valence-corrected chi connectivity index (χ3v) is 2.47. The molecule has 16 heavy (non-hydrogen) atoms. The number of carbonyl (C=O) groups is 1. The van der Waals surface area contributed by atoms with Gasteiger partial charge in [0, 0.05) is 6.20 Å². The number of rotatable bonds is 2. The zero-order chi connectivity index (χ0) is 11.7. The maximum Gasteiger partial charge on any atom is 0.269 e. The molecule has 7 heteroatoms. The zero-order valence-corrected chi connectivity index (χ0v) is 9.40. The standard InChI is InChI=1S/C9H6Cl2N4O/c10-5-2-1-3-13-9(5)15-7(8(12)16)6(11)4-14-15/h1-4H,(H2,12,16). The van der Waals surface area contributed by atoms with E-state index in [0.29, 0.717) is 10.8 Å². The van der Waals surface area contributed by atoms with Crippen molar-refractivity contribution in [2.75, 3.05) is 0 Å². The summed E-state index contributed by atoms with van der Waals surface area (Å²) in [7, 11) is 0. The number of nitrogens with two attached hydrogens (primary N) is 1. The van der Waals surface area contributed by atoms with E-state index < -0.39 is 5.91 Å². The Balaban J connectivity index is 2.66. The van der Waals surface area contributed by atoms with Gasteiger partial charge in [-0.05, 0) is 12.1 Å². The van der Waals surface area contributed by atoms with Gasteiger partial charge in [0.2, 0.25) is 0 Å². The van der Waals surface area contributed by atoms with E-state index in [1.54, 1.807) is 12.1 Å². The minimum absolute atomic E-state index is 0.0577. The molecule has 0 spiro atoms. The summed E-state index contributed by atoms with van der Waals surface area (Å²) in [6.45, 7) is 0. The molecule has 0 bridgehead atoms. The van der Waals surface area contributed by atoms with E-state index in [-0.39, 0.29) is 10.7 Å². The Morgan fingerprint density at radius 3 is 2.75 bits per heavy atom. The summed E-state index contributed by atoms with van der Waals surface area (Å²) in [6, 6.07) is 3.30. The Labute approximate surface area is 101 Å². The van der Waals surface area contributed by atoms with E-state index in [1.807, 2.05) is 0 Å². The van der Waals surface area contributed by atoms with Crippen LogP contribution in [-0.2, 0) is 0 Å². The minimum atomic E-state index is -0.691. The molecule has 2 aromatic rings. The normalized spacial score (nSPS) is 10.4. The number of halogens is 2. The Morgan fingerprint density at radius 2 is 2.12 bits per heavy atom. The van der Waals surface area contributed by atoms with Gasteiger partial charge in [-0.2, -0.15) is 5.10 Å². The van der Waals surface area contributed by atoms with E-state index in [9.17, 15) is 4.79 Å². The number of amides is 1. The van der Waals surface area contributed by atoms with Gasteiger partial charge in [-0.1, -0.05) is 23.2 Å². The predicted octanol–water partition coefficient (Wildman–Crippen LogP) is 1.67. The van der Waals surface area contributed by atoms with Gasteiger partial charge in [-0.25, -0.2) is 9.67 Å². The zero-order valence-electron chi connectivity index (χ0n) is 7.89. The fraction of sp³-hybridized carbons (Fsp3) is 0. The van der Waals surface area contributed by atoms with Crippen LogP contribution in [0.5, 0.6) is 0 Å². The maximum absolute atomic E-state index is 11.2. The van der Waals surface area contributed by atoms with Crippen molar-refractivity contribution in [2.45, 2.75) is 0 Å². The van der Waals surface area contributed by atoms with Crippen molar-refractivity contribution in [3.05, 3.63) is 40.3 Å². The van der Waals surface area contributed by atoms with E-state index in [4.69, 9.17) is 28.9 Å². The second-order valence-electron chi connectivity index (χ2n) is 2.93. The summed E-state index contributed by atoms with van der Waals surface area (Å²) >= 11 is 11.7. The highest BCUT2D eigenvalue weighted by atomic mass is 35.5. The third kappa shape index (κ3) is 1.75. The Hall–Kier alpha value is -1.59. The molecule has 0 aliphatic rings.